The van der Waals surface area contributed by atoms with Gasteiger partial charge in [-0.05, 0) is 34.1 Å². The SMILES string of the molecule is CCCCCCCCCCCOC(=O)c1cn(C(COCC2COC(C)(C)O2)COCC2COC(C)(C)O2)nn1. The Kier molecular flexibility index (Phi) is 13.7. The number of esters is 1. The molecule has 2 saturated heterocycles. The Morgan fingerprint density at radius 1 is 0.900 bits per heavy atom. The number of hydrogen-bond acceptors (Lipinski definition) is 10. The Bertz CT molecular complexity index is 830. The van der Waals surface area contributed by atoms with Crippen LogP contribution in [0, 0.1) is 0 Å². The van der Waals surface area contributed by atoms with Crippen molar-refractivity contribution >= 4 is 5.97 Å². The summed E-state index contributed by atoms with van der Waals surface area (Å²) in [6, 6.07) is -0.308. The summed E-state index contributed by atoms with van der Waals surface area (Å²) < 4.78 is 41.8. The highest BCUT2D eigenvalue weighted by molar-refractivity contribution is 5.86. The molecule has 1 aromatic rings. The van der Waals surface area contributed by atoms with Crippen LogP contribution < -0.4 is 0 Å². The summed E-state index contributed by atoms with van der Waals surface area (Å²) >= 11 is 0. The topological polar surface area (TPSA) is 112 Å². The molecule has 2 atom stereocenters. The molecule has 2 unspecified atom stereocenters. The van der Waals surface area contributed by atoms with Crippen LogP contribution >= 0.6 is 0 Å². The summed E-state index contributed by atoms with van der Waals surface area (Å²) in [5.74, 6) is -1.68. The summed E-state index contributed by atoms with van der Waals surface area (Å²) in [5.41, 5.74) is 0.171. The zero-order chi connectivity index (χ0) is 28.8. The molecule has 0 N–H and O–H groups in total. The lowest BCUT2D eigenvalue weighted by atomic mass is 10.1. The largest absolute Gasteiger partial charge is 0.461 e. The van der Waals surface area contributed by atoms with Crippen molar-refractivity contribution in [2.45, 2.75) is 122 Å². The summed E-state index contributed by atoms with van der Waals surface area (Å²) in [6.07, 6.45) is 12.2. The molecule has 0 bridgehead atoms. The highest BCUT2D eigenvalue weighted by Gasteiger charge is 2.34. The first-order chi connectivity index (χ1) is 19.2. The van der Waals surface area contributed by atoms with Crippen LogP contribution in [0.1, 0.15) is 109 Å². The third-order valence-corrected chi connectivity index (χ3v) is 6.94. The minimum atomic E-state index is -0.608. The third kappa shape index (κ3) is 12.1. The Morgan fingerprint density at radius 3 is 1.93 bits per heavy atom. The second-order valence-corrected chi connectivity index (χ2v) is 11.7. The molecule has 40 heavy (non-hydrogen) atoms. The van der Waals surface area contributed by atoms with Gasteiger partial charge in [-0.3, -0.25) is 0 Å². The molecule has 0 aromatic carbocycles. The van der Waals surface area contributed by atoms with Crippen molar-refractivity contribution < 1.29 is 38.0 Å². The first-order valence-corrected chi connectivity index (χ1v) is 15.1. The Hall–Kier alpha value is -1.63. The van der Waals surface area contributed by atoms with Gasteiger partial charge in [0.15, 0.2) is 17.3 Å². The predicted octanol–water partition coefficient (Wildman–Crippen LogP) is 4.84. The number of carbonyl (C=O) groups excluding carboxylic acids is 1. The zero-order valence-corrected chi connectivity index (χ0v) is 25.2. The second-order valence-electron chi connectivity index (χ2n) is 11.7. The van der Waals surface area contributed by atoms with Crippen molar-refractivity contribution in [1.82, 2.24) is 15.0 Å². The molecule has 3 heterocycles. The van der Waals surface area contributed by atoms with Gasteiger partial charge in [0.1, 0.15) is 18.2 Å². The molecule has 0 aliphatic carbocycles. The molecule has 3 rings (SSSR count). The second kappa shape index (κ2) is 16.7. The van der Waals surface area contributed by atoms with Crippen LogP contribution in [0.2, 0.25) is 0 Å². The Balaban J connectivity index is 1.41. The lowest BCUT2D eigenvalue weighted by molar-refractivity contribution is -0.147. The van der Waals surface area contributed by atoms with E-state index in [1.807, 2.05) is 27.7 Å². The first-order valence-electron chi connectivity index (χ1n) is 15.1. The molecule has 2 aliphatic rings. The molecule has 230 valence electrons. The van der Waals surface area contributed by atoms with Gasteiger partial charge in [-0.1, -0.05) is 63.5 Å². The van der Waals surface area contributed by atoms with Gasteiger partial charge in [-0.15, -0.1) is 5.10 Å². The zero-order valence-electron chi connectivity index (χ0n) is 25.2. The monoisotopic (exact) mass is 569 g/mol. The van der Waals surface area contributed by atoms with E-state index in [0.717, 1.165) is 12.8 Å². The normalized spacial score (nSPS) is 22.5. The number of unbranched alkanes of at least 4 members (excludes halogenated alkanes) is 8. The number of carbonyl (C=O) groups is 1. The number of aromatic nitrogens is 3. The summed E-state index contributed by atoms with van der Waals surface area (Å²) in [7, 11) is 0. The van der Waals surface area contributed by atoms with Crippen molar-refractivity contribution in [2.75, 3.05) is 46.2 Å². The lowest BCUT2D eigenvalue weighted by Gasteiger charge is -2.21. The molecular weight excluding hydrogens is 518 g/mol. The number of nitrogens with zero attached hydrogens (tertiary/aromatic N) is 3. The fourth-order valence-electron chi connectivity index (χ4n) is 4.76. The highest BCUT2D eigenvalue weighted by Crippen LogP contribution is 2.24. The summed E-state index contributed by atoms with van der Waals surface area (Å²) in [4.78, 5) is 12.6. The van der Waals surface area contributed by atoms with E-state index < -0.39 is 17.5 Å². The molecule has 0 amide bonds. The first kappa shape index (κ1) is 32.9. The quantitative estimate of drug-likeness (QED) is 0.160. The van der Waals surface area contributed by atoms with E-state index in [0.29, 0.717) is 46.2 Å². The van der Waals surface area contributed by atoms with Gasteiger partial charge in [0.25, 0.3) is 0 Å². The van der Waals surface area contributed by atoms with Crippen LogP contribution in [0.25, 0.3) is 0 Å². The van der Waals surface area contributed by atoms with Crippen molar-refractivity contribution in [3.05, 3.63) is 11.9 Å². The highest BCUT2D eigenvalue weighted by atomic mass is 16.8. The number of ether oxygens (including phenoxy) is 7. The van der Waals surface area contributed by atoms with Gasteiger partial charge in [0.05, 0.1) is 52.4 Å². The maximum absolute atomic E-state index is 12.6. The molecule has 0 radical (unpaired) electrons. The van der Waals surface area contributed by atoms with E-state index >= 15 is 0 Å². The van der Waals surface area contributed by atoms with Crippen LogP contribution in [0.4, 0.5) is 0 Å². The molecule has 2 aliphatic heterocycles. The third-order valence-electron chi connectivity index (χ3n) is 6.94. The number of hydrogen-bond donors (Lipinski definition) is 0. The van der Waals surface area contributed by atoms with E-state index in [2.05, 4.69) is 17.2 Å². The van der Waals surface area contributed by atoms with Crippen molar-refractivity contribution in [3.63, 3.8) is 0 Å². The van der Waals surface area contributed by atoms with E-state index in [1.165, 1.54) is 44.9 Å². The van der Waals surface area contributed by atoms with Gasteiger partial charge >= 0.3 is 5.97 Å². The van der Waals surface area contributed by atoms with Gasteiger partial charge in [0.2, 0.25) is 0 Å². The van der Waals surface area contributed by atoms with Crippen molar-refractivity contribution in [3.8, 4) is 0 Å². The summed E-state index contributed by atoms with van der Waals surface area (Å²) in [6.45, 7) is 12.4. The molecule has 0 saturated carbocycles. The molecule has 1 aromatic heterocycles. The minimum absolute atomic E-state index is 0.148. The standard InChI is InChI=1S/C29H51N3O8/c1-6-7-8-9-10-11-12-13-14-15-36-27(33)26-16-32(31-30-26)23(17-34-19-24-21-37-28(2,3)39-24)18-35-20-25-22-38-29(4,5)40-25/h16,23-25H,6-15,17-22H2,1-5H3. The molecule has 11 heteroatoms. The predicted molar refractivity (Wildman–Crippen MR) is 148 cm³/mol. The smallest absolute Gasteiger partial charge is 0.360 e. The fourth-order valence-corrected chi connectivity index (χ4v) is 4.76. The lowest BCUT2D eigenvalue weighted by Crippen LogP contribution is -2.29. The van der Waals surface area contributed by atoms with Gasteiger partial charge < -0.3 is 33.2 Å². The molecule has 0 spiro atoms. The van der Waals surface area contributed by atoms with Crippen LogP contribution in [0.3, 0.4) is 0 Å². The Morgan fingerprint density at radius 2 is 1.43 bits per heavy atom. The van der Waals surface area contributed by atoms with E-state index in [-0.39, 0.29) is 23.9 Å². The maximum atomic E-state index is 12.6. The van der Waals surface area contributed by atoms with Gasteiger partial charge in [-0.2, -0.15) is 0 Å². The van der Waals surface area contributed by atoms with E-state index in [1.54, 1.807) is 10.9 Å². The fraction of sp³-hybridized carbons (Fsp3) is 0.897. The van der Waals surface area contributed by atoms with Crippen LogP contribution in [0.5, 0.6) is 0 Å². The minimum Gasteiger partial charge on any atom is -0.461 e. The number of rotatable bonds is 20. The van der Waals surface area contributed by atoms with Crippen LogP contribution in [0.15, 0.2) is 6.20 Å². The van der Waals surface area contributed by atoms with E-state index in [9.17, 15) is 4.79 Å². The van der Waals surface area contributed by atoms with Crippen LogP contribution in [-0.4, -0.2) is 91.0 Å². The van der Waals surface area contributed by atoms with Crippen molar-refractivity contribution in [2.24, 2.45) is 0 Å². The molecule has 2 fully saturated rings. The van der Waals surface area contributed by atoms with E-state index in [4.69, 9.17) is 33.2 Å². The van der Waals surface area contributed by atoms with Crippen LogP contribution in [-0.2, 0) is 33.2 Å². The molecule has 11 nitrogen and oxygen atoms in total. The Labute approximate surface area is 239 Å². The average molecular weight is 570 g/mol. The summed E-state index contributed by atoms with van der Waals surface area (Å²) in [5, 5.41) is 8.23. The maximum Gasteiger partial charge on any atom is 0.360 e. The van der Waals surface area contributed by atoms with Gasteiger partial charge in [-0.25, -0.2) is 9.48 Å². The van der Waals surface area contributed by atoms with Gasteiger partial charge in [0, 0.05) is 0 Å². The average Bonchev–Trinajstić information content (AvgIpc) is 3.62. The molecular formula is C29H51N3O8. The van der Waals surface area contributed by atoms with Crippen molar-refractivity contribution in [1.29, 1.82) is 0 Å².